The van der Waals surface area contributed by atoms with E-state index in [1.165, 1.54) is 12.1 Å². The topological polar surface area (TPSA) is 73.6 Å². The second-order valence-corrected chi connectivity index (χ2v) is 5.28. The molecule has 1 N–H and O–H groups in total. The third kappa shape index (κ3) is 6.77. The molecule has 1 aromatic carbocycles. The number of carboxylic acids is 1. The Bertz CT molecular complexity index is 495. The quantitative estimate of drug-likeness (QED) is 0.757. The Morgan fingerprint density at radius 3 is 2.81 bits per heavy atom. The van der Waals surface area contributed by atoms with Crippen molar-refractivity contribution in [3.63, 3.8) is 0 Å². The molecule has 1 aromatic rings. The van der Waals surface area contributed by atoms with E-state index in [2.05, 4.69) is 24.8 Å². The lowest BCUT2D eigenvalue weighted by Gasteiger charge is -2.23. The number of carbonyl (C=O) groups is 1. The van der Waals surface area contributed by atoms with Crippen molar-refractivity contribution in [3.05, 3.63) is 29.8 Å². The molecule has 0 fully saturated rings. The molecule has 0 unspecified atom stereocenters. The van der Waals surface area contributed by atoms with Crippen LogP contribution in [0.5, 0.6) is 5.75 Å². The summed E-state index contributed by atoms with van der Waals surface area (Å²) in [5, 5.41) is 17.6. The van der Waals surface area contributed by atoms with E-state index in [-0.39, 0.29) is 5.56 Å². The van der Waals surface area contributed by atoms with Gasteiger partial charge in [0.05, 0.1) is 11.6 Å². The second kappa shape index (κ2) is 8.98. The van der Waals surface area contributed by atoms with Gasteiger partial charge < -0.3 is 9.84 Å². The van der Waals surface area contributed by atoms with Crippen LogP contribution in [-0.2, 0) is 0 Å². The Balaban J connectivity index is 2.47. The first-order valence-corrected chi connectivity index (χ1v) is 7.08. The average molecular weight is 290 g/mol. The summed E-state index contributed by atoms with van der Waals surface area (Å²) in [6, 6.07) is 8.62. The lowest BCUT2D eigenvalue weighted by Crippen LogP contribution is -2.32. The lowest BCUT2D eigenvalue weighted by molar-refractivity contribution is 0.0696. The first-order chi connectivity index (χ1) is 10.0. The van der Waals surface area contributed by atoms with Gasteiger partial charge in [-0.05, 0) is 24.1 Å². The highest BCUT2D eigenvalue weighted by Gasteiger charge is 2.08. The molecule has 0 saturated carbocycles. The molecule has 0 heterocycles. The first-order valence-electron chi connectivity index (χ1n) is 7.08. The maximum atomic E-state index is 10.9. The van der Waals surface area contributed by atoms with E-state index in [0.717, 1.165) is 19.6 Å². The second-order valence-electron chi connectivity index (χ2n) is 5.28. The number of aromatic carboxylic acids is 1. The summed E-state index contributed by atoms with van der Waals surface area (Å²) in [6.45, 7) is 7.11. The maximum absolute atomic E-state index is 10.9. The molecule has 1 rings (SSSR count). The molecule has 0 spiro atoms. The van der Waals surface area contributed by atoms with Crippen molar-refractivity contribution < 1.29 is 14.6 Å². The number of rotatable bonds is 9. The average Bonchev–Trinajstić information content (AvgIpc) is 2.44. The van der Waals surface area contributed by atoms with E-state index in [0.29, 0.717) is 24.7 Å². The van der Waals surface area contributed by atoms with Crippen LogP contribution in [0.1, 0.15) is 30.6 Å². The van der Waals surface area contributed by atoms with Gasteiger partial charge in [-0.1, -0.05) is 19.9 Å². The van der Waals surface area contributed by atoms with Crippen molar-refractivity contribution in [1.29, 1.82) is 5.26 Å². The highest BCUT2D eigenvalue weighted by atomic mass is 16.5. The molecule has 0 aromatic heterocycles. The third-order valence-electron chi connectivity index (χ3n) is 2.92. The Kier molecular flexibility index (Phi) is 7.27. The minimum Gasteiger partial charge on any atom is -0.492 e. The van der Waals surface area contributed by atoms with Gasteiger partial charge in [0.2, 0.25) is 0 Å². The first kappa shape index (κ1) is 17.0. The largest absolute Gasteiger partial charge is 0.492 e. The van der Waals surface area contributed by atoms with E-state index in [1.807, 2.05) is 0 Å². The lowest BCUT2D eigenvalue weighted by atomic mass is 10.2. The van der Waals surface area contributed by atoms with Crippen LogP contribution >= 0.6 is 0 Å². The predicted molar refractivity (Wildman–Crippen MR) is 80.4 cm³/mol. The minimum absolute atomic E-state index is 0.219. The fraction of sp³-hybridized carbons (Fsp3) is 0.500. The van der Waals surface area contributed by atoms with Gasteiger partial charge in [-0.25, -0.2) is 4.79 Å². The molecule has 5 heteroatoms. The maximum Gasteiger partial charge on any atom is 0.335 e. The molecule has 114 valence electrons. The molecule has 0 aliphatic heterocycles. The summed E-state index contributed by atoms with van der Waals surface area (Å²) < 4.78 is 5.60. The summed E-state index contributed by atoms with van der Waals surface area (Å²) >= 11 is 0. The molecule has 21 heavy (non-hydrogen) atoms. The number of hydrogen-bond acceptors (Lipinski definition) is 4. The van der Waals surface area contributed by atoms with E-state index in [1.54, 1.807) is 12.1 Å². The monoisotopic (exact) mass is 290 g/mol. The molecule has 0 bridgehead atoms. The zero-order valence-corrected chi connectivity index (χ0v) is 12.6. The van der Waals surface area contributed by atoms with Gasteiger partial charge in [-0.3, -0.25) is 4.90 Å². The van der Waals surface area contributed by atoms with Gasteiger partial charge >= 0.3 is 5.97 Å². The van der Waals surface area contributed by atoms with Gasteiger partial charge in [-0.2, -0.15) is 5.26 Å². The number of nitrogens with zero attached hydrogens (tertiary/aromatic N) is 2. The Labute approximate surface area is 125 Å². The van der Waals surface area contributed by atoms with Crippen LogP contribution in [-0.4, -0.2) is 42.2 Å². The summed E-state index contributed by atoms with van der Waals surface area (Å²) in [6.07, 6.45) is 0.501. The van der Waals surface area contributed by atoms with Crippen molar-refractivity contribution in [2.45, 2.75) is 20.3 Å². The Morgan fingerprint density at radius 1 is 1.43 bits per heavy atom. The highest BCUT2D eigenvalue weighted by molar-refractivity contribution is 5.87. The minimum atomic E-state index is -0.962. The van der Waals surface area contributed by atoms with Crippen molar-refractivity contribution in [3.8, 4) is 11.8 Å². The van der Waals surface area contributed by atoms with Gasteiger partial charge in [0, 0.05) is 26.1 Å². The SMILES string of the molecule is CC(C)CN(CCC#N)CCOc1cccc(C(=O)O)c1. The Morgan fingerprint density at radius 2 is 2.19 bits per heavy atom. The van der Waals surface area contributed by atoms with Crippen LogP contribution in [0.2, 0.25) is 0 Å². The molecular weight excluding hydrogens is 268 g/mol. The van der Waals surface area contributed by atoms with Crippen molar-refractivity contribution >= 4 is 5.97 Å². The van der Waals surface area contributed by atoms with Gasteiger partial charge in [0.1, 0.15) is 12.4 Å². The van der Waals surface area contributed by atoms with Crippen molar-refractivity contribution in [1.82, 2.24) is 4.90 Å². The number of ether oxygens (including phenoxy) is 1. The molecule has 0 aliphatic carbocycles. The van der Waals surface area contributed by atoms with Crippen molar-refractivity contribution in [2.75, 3.05) is 26.2 Å². The van der Waals surface area contributed by atoms with Gasteiger partial charge in [-0.15, -0.1) is 0 Å². The zero-order valence-electron chi connectivity index (χ0n) is 12.6. The van der Waals surface area contributed by atoms with Crippen LogP contribution in [0.3, 0.4) is 0 Å². The van der Waals surface area contributed by atoms with E-state index >= 15 is 0 Å². The number of carboxylic acid groups (broad SMARTS) is 1. The van der Waals surface area contributed by atoms with E-state index in [4.69, 9.17) is 15.1 Å². The fourth-order valence-electron chi connectivity index (χ4n) is 2.03. The van der Waals surface area contributed by atoms with Crippen molar-refractivity contribution in [2.24, 2.45) is 5.92 Å². The number of benzene rings is 1. The smallest absolute Gasteiger partial charge is 0.335 e. The highest BCUT2D eigenvalue weighted by Crippen LogP contribution is 2.13. The third-order valence-corrected chi connectivity index (χ3v) is 2.92. The standard InChI is InChI=1S/C16H22N2O3/c1-13(2)12-18(8-4-7-17)9-10-21-15-6-3-5-14(11-15)16(19)20/h3,5-6,11,13H,4,8-10,12H2,1-2H3,(H,19,20). The molecule has 5 nitrogen and oxygen atoms in total. The van der Waals surface area contributed by atoms with Gasteiger partial charge in [0.15, 0.2) is 0 Å². The van der Waals surface area contributed by atoms with Crippen LogP contribution in [0.15, 0.2) is 24.3 Å². The molecule has 0 saturated heterocycles. The molecular formula is C16H22N2O3. The van der Waals surface area contributed by atoms with Crippen LogP contribution in [0.25, 0.3) is 0 Å². The summed E-state index contributed by atoms with van der Waals surface area (Å²) in [5.41, 5.74) is 0.219. The molecule has 0 atom stereocenters. The van der Waals surface area contributed by atoms with Crippen LogP contribution in [0.4, 0.5) is 0 Å². The van der Waals surface area contributed by atoms with Crippen LogP contribution < -0.4 is 4.74 Å². The number of hydrogen-bond donors (Lipinski definition) is 1. The summed E-state index contributed by atoms with van der Waals surface area (Å²) in [4.78, 5) is 13.1. The Hall–Kier alpha value is -2.06. The number of nitriles is 1. The molecule has 0 radical (unpaired) electrons. The molecule has 0 aliphatic rings. The fourth-order valence-corrected chi connectivity index (χ4v) is 2.03. The predicted octanol–water partition coefficient (Wildman–Crippen LogP) is 2.64. The summed E-state index contributed by atoms with van der Waals surface area (Å²) in [5.74, 6) is 0.120. The van der Waals surface area contributed by atoms with E-state index in [9.17, 15) is 4.79 Å². The molecule has 0 amide bonds. The van der Waals surface area contributed by atoms with Gasteiger partial charge in [0.25, 0.3) is 0 Å². The zero-order chi connectivity index (χ0) is 15.7. The normalized spacial score (nSPS) is 10.6. The van der Waals surface area contributed by atoms with E-state index < -0.39 is 5.97 Å². The summed E-state index contributed by atoms with van der Waals surface area (Å²) in [7, 11) is 0. The van der Waals surface area contributed by atoms with Crippen LogP contribution in [0, 0.1) is 17.2 Å².